The summed E-state index contributed by atoms with van der Waals surface area (Å²) in [6, 6.07) is 8.33. The molecule has 1 saturated heterocycles. The molecular weight excluding hydrogens is 490 g/mol. The topological polar surface area (TPSA) is 139 Å². The number of amides is 4. The van der Waals surface area contributed by atoms with E-state index in [9.17, 15) is 19.2 Å². The van der Waals surface area contributed by atoms with Crippen LogP contribution in [0.5, 0.6) is 0 Å². The van der Waals surface area contributed by atoms with Gasteiger partial charge in [0.25, 0.3) is 0 Å². The Balaban J connectivity index is 1.66. The second-order valence-corrected chi connectivity index (χ2v) is 9.92. The molecule has 0 spiro atoms. The fourth-order valence-electron chi connectivity index (χ4n) is 4.48. The highest BCUT2D eigenvalue weighted by Crippen LogP contribution is 2.24. The number of aromatic nitrogens is 3. The lowest BCUT2D eigenvalue weighted by atomic mass is 10.0. The van der Waals surface area contributed by atoms with Crippen molar-refractivity contribution in [2.45, 2.75) is 52.2 Å². The zero-order chi connectivity index (χ0) is 27.2. The van der Waals surface area contributed by atoms with Crippen LogP contribution in [0.2, 0.25) is 0 Å². The third-order valence-corrected chi connectivity index (χ3v) is 6.68. The second kappa shape index (κ2) is 12.1. The summed E-state index contributed by atoms with van der Waals surface area (Å²) in [5, 5.41) is 10.5. The van der Waals surface area contributed by atoms with Gasteiger partial charge in [0, 0.05) is 25.1 Å². The number of rotatable bonds is 4. The first-order valence-electron chi connectivity index (χ1n) is 13.0. The van der Waals surface area contributed by atoms with Crippen LogP contribution >= 0.6 is 0 Å². The normalized spacial score (nSPS) is 21.4. The van der Waals surface area contributed by atoms with Crippen LogP contribution in [-0.2, 0) is 25.7 Å². The third-order valence-electron chi connectivity index (χ3n) is 6.68. The molecule has 2 aliphatic heterocycles. The molecule has 2 N–H and O–H groups in total. The summed E-state index contributed by atoms with van der Waals surface area (Å²) < 4.78 is 6.70. The average Bonchev–Trinajstić information content (AvgIpc) is 3.50. The van der Waals surface area contributed by atoms with Crippen LogP contribution in [0.4, 0.5) is 4.79 Å². The van der Waals surface area contributed by atoms with Crippen molar-refractivity contribution in [2.75, 3.05) is 32.8 Å². The first-order valence-corrected chi connectivity index (χ1v) is 13.0. The fraction of sp³-hybridized carbons (Fsp3) is 0.538. The lowest BCUT2D eigenvalue weighted by Gasteiger charge is -2.27. The largest absolute Gasteiger partial charge is 0.448 e. The molecule has 3 heterocycles. The van der Waals surface area contributed by atoms with Crippen LogP contribution in [0, 0.1) is 5.92 Å². The van der Waals surface area contributed by atoms with Gasteiger partial charge in [0.1, 0.15) is 19.2 Å². The maximum atomic E-state index is 13.2. The standard InChI is InChI=1S/C26H35N7O5/c1-17(2)22-24-29-23(19-8-5-4-6-9-19)30-33(24)13-12-31(21(35)16-32-14-15-38-26(32)37)11-7-10-20(34)27-18(3)25(36)28-22/h4-6,8-9,17-18,22H,7,10-16H2,1-3H3,(H,27,34)(H,28,36)/t18-,22+/m1/s1. The van der Waals surface area contributed by atoms with E-state index < -0.39 is 18.2 Å². The van der Waals surface area contributed by atoms with Crippen molar-refractivity contribution >= 4 is 23.8 Å². The zero-order valence-electron chi connectivity index (χ0n) is 22.1. The molecule has 2 aromatic rings. The number of nitrogens with one attached hydrogen (secondary N) is 2. The van der Waals surface area contributed by atoms with Gasteiger partial charge >= 0.3 is 6.09 Å². The monoisotopic (exact) mass is 525 g/mol. The van der Waals surface area contributed by atoms with Crippen molar-refractivity contribution in [2.24, 2.45) is 5.92 Å². The van der Waals surface area contributed by atoms with E-state index in [4.69, 9.17) is 14.8 Å². The van der Waals surface area contributed by atoms with Crippen molar-refractivity contribution in [1.29, 1.82) is 0 Å². The van der Waals surface area contributed by atoms with Gasteiger partial charge in [0.05, 0.1) is 19.1 Å². The Morgan fingerprint density at radius 3 is 2.53 bits per heavy atom. The van der Waals surface area contributed by atoms with Crippen LogP contribution in [0.25, 0.3) is 11.4 Å². The van der Waals surface area contributed by atoms with Crippen LogP contribution in [0.3, 0.4) is 0 Å². The van der Waals surface area contributed by atoms with Gasteiger partial charge in [0.15, 0.2) is 11.6 Å². The highest BCUT2D eigenvalue weighted by molar-refractivity contribution is 5.87. The third kappa shape index (κ3) is 6.48. The predicted octanol–water partition coefficient (Wildman–Crippen LogP) is 1.34. The Morgan fingerprint density at radius 2 is 1.84 bits per heavy atom. The molecule has 1 aromatic heterocycles. The summed E-state index contributed by atoms with van der Waals surface area (Å²) in [5.41, 5.74) is 0.834. The van der Waals surface area contributed by atoms with E-state index in [1.165, 1.54) is 4.90 Å². The van der Waals surface area contributed by atoms with E-state index >= 15 is 0 Å². The molecule has 1 fully saturated rings. The van der Waals surface area contributed by atoms with Gasteiger partial charge in [-0.15, -0.1) is 0 Å². The smallest absolute Gasteiger partial charge is 0.410 e. The van der Waals surface area contributed by atoms with E-state index in [0.29, 0.717) is 44.2 Å². The van der Waals surface area contributed by atoms with Crippen molar-refractivity contribution < 1.29 is 23.9 Å². The second-order valence-electron chi connectivity index (χ2n) is 9.92. The van der Waals surface area contributed by atoms with E-state index in [0.717, 1.165) is 5.56 Å². The Morgan fingerprint density at radius 1 is 1.08 bits per heavy atom. The highest BCUT2D eigenvalue weighted by Gasteiger charge is 2.30. The summed E-state index contributed by atoms with van der Waals surface area (Å²) in [7, 11) is 0. The number of hydrogen-bond acceptors (Lipinski definition) is 7. The zero-order valence-corrected chi connectivity index (χ0v) is 22.1. The molecule has 1 aromatic carbocycles. The van der Waals surface area contributed by atoms with Crippen molar-refractivity contribution in [1.82, 2.24) is 35.2 Å². The van der Waals surface area contributed by atoms with Gasteiger partial charge in [-0.05, 0) is 19.3 Å². The Kier molecular flexibility index (Phi) is 8.59. The number of ether oxygens (including phenoxy) is 1. The number of cyclic esters (lactones) is 1. The first kappa shape index (κ1) is 27.1. The quantitative estimate of drug-likeness (QED) is 0.614. The summed E-state index contributed by atoms with van der Waals surface area (Å²) in [5.74, 6) is 0.251. The molecule has 0 aliphatic carbocycles. The number of hydrogen-bond donors (Lipinski definition) is 2. The van der Waals surface area contributed by atoms with Gasteiger partial charge in [-0.1, -0.05) is 44.2 Å². The molecule has 2 aliphatic rings. The number of benzene rings is 1. The maximum absolute atomic E-state index is 13.2. The molecule has 4 rings (SSSR count). The minimum absolute atomic E-state index is 0.0276. The van der Waals surface area contributed by atoms with Crippen LogP contribution < -0.4 is 10.6 Å². The van der Waals surface area contributed by atoms with Gasteiger partial charge in [-0.2, -0.15) is 5.10 Å². The van der Waals surface area contributed by atoms with Crippen molar-refractivity contribution in [3.05, 3.63) is 36.2 Å². The molecule has 0 unspecified atom stereocenters. The minimum atomic E-state index is -0.740. The molecule has 12 nitrogen and oxygen atoms in total. The molecular formula is C26H35N7O5. The first-order chi connectivity index (χ1) is 18.2. The van der Waals surface area contributed by atoms with Crippen molar-refractivity contribution in [3.63, 3.8) is 0 Å². The molecule has 2 atom stereocenters. The highest BCUT2D eigenvalue weighted by atomic mass is 16.6. The van der Waals surface area contributed by atoms with Crippen LogP contribution in [0.1, 0.15) is 45.5 Å². The van der Waals surface area contributed by atoms with Crippen LogP contribution in [-0.4, -0.2) is 87.2 Å². The summed E-state index contributed by atoms with van der Waals surface area (Å²) in [4.78, 5) is 58.4. The van der Waals surface area contributed by atoms with E-state index in [1.54, 1.807) is 16.5 Å². The fourth-order valence-corrected chi connectivity index (χ4v) is 4.48. The van der Waals surface area contributed by atoms with Gasteiger partial charge in [-0.3, -0.25) is 19.3 Å². The van der Waals surface area contributed by atoms with E-state index in [-0.39, 0.29) is 43.2 Å². The Bertz CT molecular complexity index is 1170. The summed E-state index contributed by atoms with van der Waals surface area (Å²) in [6.07, 6.45) is 0.0631. The SMILES string of the molecule is CC(C)[C@@H]1NC(=O)[C@@H](C)NC(=O)CCCN(C(=O)CN2CCOC2=O)CCn2nc(-c3ccccc3)nc21. The van der Waals surface area contributed by atoms with E-state index in [2.05, 4.69) is 10.6 Å². The number of carbonyl (C=O) groups excluding carboxylic acids is 4. The maximum Gasteiger partial charge on any atom is 0.410 e. The molecule has 204 valence electrons. The Hall–Kier alpha value is -3.96. The molecule has 12 heteroatoms. The van der Waals surface area contributed by atoms with Gasteiger partial charge in [0.2, 0.25) is 17.7 Å². The molecule has 38 heavy (non-hydrogen) atoms. The van der Waals surface area contributed by atoms with Crippen molar-refractivity contribution in [3.8, 4) is 11.4 Å². The number of nitrogens with zero attached hydrogens (tertiary/aromatic N) is 5. The number of fused-ring (bicyclic) bond motifs is 1. The molecule has 4 amide bonds. The van der Waals surface area contributed by atoms with Gasteiger partial charge < -0.3 is 20.3 Å². The molecule has 0 saturated carbocycles. The molecule has 0 bridgehead atoms. The minimum Gasteiger partial charge on any atom is -0.448 e. The lowest BCUT2D eigenvalue weighted by molar-refractivity contribution is -0.132. The average molecular weight is 526 g/mol. The van der Waals surface area contributed by atoms with E-state index in [1.807, 2.05) is 44.2 Å². The van der Waals surface area contributed by atoms with Crippen LogP contribution in [0.15, 0.2) is 30.3 Å². The molecule has 0 radical (unpaired) electrons. The summed E-state index contributed by atoms with van der Waals surface area (Å²) in [6.45, 7) is 7.06. The number of carbonyl (C=O) groups is 4. The summed E-state index contributed by atoms with van der Waals surface area (Å²) >= 11 is 0. The predicted molar refractivity (Wildman–Crippen MR) is 138 cm³/mol. The van der Waals surface area contributed by atoms with Gasteiger partial charge in [-0.25, -0.2) is 14.5 Å². The lowest BCUT2D eigenvalue weighted by Crippen LogP contribution is -2.48. The Labute approximate surface area is 221 Å².